The lowest BCUT2D eigenvalue weighted by Crippen LogP contribution is -2.39. The molecule has 32 heavy (non-hydrogen) atoms. The fourth-order valence-corrected chi connectivity index (χ4v) is 5.44. The van der Waals surface area contributed by atoms with Crippen LogP contribution in [-0.2, 0) is 16.4 Å². The summed E-state index contributed by atoms with van der Waals surface area (Å²) in [5.41, 5.74) is 2.32. The van der Waals surface area contributed by atoms with E-state index in [9.17, 15) is 13.2 Å². The van der Waals surface area contributed by atoms with Crippen LogP contribution < -0.4 is 4.31 Å². The molecule has 6 heteroatoms. The molecule has 5 nitrogen and oxygen atoms in total. The molecule has 1 amide bonds. The molecule has 4 rings (SSSR count). The van der Waals surface area contributed by atoms with Crippen molar-refractivity contribution in [3.8, 4) is 0 Å². The second-order valence-corrected chi connectivity index (χ2v) is 10.2. The molecule has 0 aromatic heterocycles. The highest BCUT2D eigenvalue weighted by molar-refractivity contribution is 7.92. The van der Waals surface area contributed by atoms with Gasteiger partial charge < -0.3 is 4.90 Å². The number of para-hydroxylation sites is 1. The summed E-state index contributed by atoms with van der Waals surface area (Å²) in [6, 6.07) is 25.7. The number of hydrogen-bond donors (Lipinski definition) is 0. The lowest BCUT2D eigenvalue weighted by atomic mass is 9.90. The van der Waals surface area contributed by atoms with Gasteiger partial charge in [0.05, 0.1) is 10.6 Å². The molecular formula is C26H28N2O3S. The Hall–Kier alpha value is -3.12. The van der Waals surface area contributed by atoms with Crippen molar-refractivity contribution in [1.29, 1.82) is 0 Å². The zero-order valence-corrected chi connectivity index (χ0v) is 19.0. The number of likely N-dealkylation sites (tertiary alicyclic amines) is 1. The van der Waals surface area contributed by atoms with E-state index >= 15 is 0 Å². The quantitative estimate of drug-likeness (QED) is 0.553. The molecule has 1 aliphatic heterocycles. The van der Waals surface area contributed by atoms with Gasteiger partial charge >= 0.3 is 0 Å². The lowest BCUT2D eigenvalue weighted by Gasteiger charge is -2.32. The van der Waals surface area contributed by atoms with E-state index in [-0.39, 0.29) is 10.8 Å². The van der Waals surface area contributed by atoms with Crippen molar-refractivity contribution in [3.63, 3.8) is 0 Å². The van der Waals surface area contributed by atoms with Gasteiger partial charge in [0, 0.05) is 25.7 Å². The summed E-state index contributed by atoms with van der Waals surface area (Å²) in [4.78, 5) is 15.1. The first-order valence-corrected chi connectivity index (χ1v) is 12.4. The molecule has 0 bridgehead atoms. The largest absolute Gasteiger partial charge is 0.339 e. The van der Waals surface area contributed by atoms with Gasteiger partial charge in [-0.1, -0.05) is 54.6 Å². The molecule has 0 spiro atoms. The molecule has 0 unspecified atom stereocenters. The molecule has 0 atom stereocenters. The highest BCUT2D eigenvalue weighted by Crippen LogP contribution is 2.25. The number of nitrogens with zero attached hydrogens (tertiary/aromatic N) is 2. The van der Waals surface area contributed by atoms with Gasteiger partial charge in [-0.25, -0.2) is 8.42 Å². The summed E-state index contributed by atoms with van der Waals surface area (Å²) in [6.45, 7) is 1.38. The van der Waals surface area contributed by atoms with Crippen molar-refractivity contribution in [1.82, 2.24) is 4.90 Å². The maximum atomic E-state index is 13.1. The van der Waals surface area contributed by atoms with Gasteiger partial charge in [0.2, 0.25) is 0 Å². The van der Waals surface area contributed by atoms with Crippen molar-refractivity contribution >= 4 is 21.6 Å². The number of hydrogen-bond acceptors (Lipinski definition) is 3. The van der Waals surface area contributed by atoms with E-state index in [4.69, 9.17) is 0 Å². The molecule has 3 aromatic rings. The molecule has 1 fully saturated rings. The number of amides is 1. The molecular weight excluding hydrogens is 420 g/mol. The Kier molecular flexibility index (Phi) is 6.61. The Morgan fingerprint density at radius 3 is 2.19 bits per heavy atom. The normalized spacial score (nSPS) is 14.8. The van der Waals surface area contributed by atoms with Crippen LogP contribution in [0.25, 0.3) is 0 Å². The summed E-state index contributed by atoms with van der Waals surface area (Å²) in [6.07, 6.45) is 2.94. The fourth-order valence-electron chi connectivity index (χ4n) is 4.19. The van der Waals surface area contributed by atoms with Gasteiger partial charge in [0.25, 0.3) is 15.9 Å². The smallest absolute Gasteiger partial charge is 0.264 e. The maximum Gasteiger partial charge on any atom is 0.264 e. The Bertz CT molecular complexity index is 1160. The Morgan fingerprint density at radius 1 is 0.906 bits per heavy atom. The van der Waals surface area contributed by atoms with Crippen molar-refractivity contribution in [2.24, 2.45) is 5.92 Å². The van der Waals surface area contributed by atoms with Crippen LogP contribution in [0.15, 0.2) is 89.8 Å². The predicted molar refractivity (Wildman–Crippen MR) is 127 cm³/mol. The average molecular weight is 449 g/mol. The van der Waals surface area contributed by atoms with Crippen LogP contribution in [0.3, 0.4) is 0 Å². The number of carbonyl (C=O) groups excluding carboxylic acids is 1. The molecule has 0 aliphatic carbocycles. The average Bonchev–Trinajstić information content (AvgIpc) is 2.85. The molecule has 166 valence electrons. The topological polar surface area (TPSA) is 57.7 Å². The van der Waals surface area contributed by atoms with Crippen molar-refractivity contribution in [2.75, 3.05) is 24.4 Å². The van der Waals surface area contributed by atoms with Crippen LogP contribution in [0.4, 0.5) is 5.69 Å². The van der Waals surface area contributed by atoms with Gasteiger partial charge in [-0.2, -0.15) is 0 Å². The van der Waals surface area contributed by atoms with E-state index in [1.807, 2.05) is 17.0 Å². The maximum absolute atomic E-state index is 13.1. The van der Waals surface area contributed by atoms with Crippen molar-refractivity contribution < 1.29 is 13.2 Å². The number of sulfonamides is 1. The van der Waals surface area contributed by atoms with Crippen LogP contribution in [0.2, 0.25) is 0 Å². The molecule has 1 heterocycles. The lowest BCUT2D eigenvalue weighted by molar-refractivity contribution is 0.0690. The van der Waals surface area contributed by atoms with Crippen molar-refractivity contribution in [2.45, 2.75) is 24.2 Å². The summed E-state index contributed by atoms with van der Waals surface area (Å²) >= 11 is 0. The first-order valence-electron chi connectivity index (χ1n) is 10.9. The van der Waals surface area contributed by atoms with Gasteiger partial charge in [-0.3, -0.25) is 9.10 Å². The third-order valence-electron chi connectivity index (χ3n) is 6.13. The van der Waals surface area contributed by atoms with Crippen LogP contribution in [0.1, 0.15) is 28.8 Å². The third-order valence-corrected chi connectivity index (χ3v) is 7.91. The number of piperidine rings is 1. The van der Waals surface area contributed by atoms with Crippen molar-refractivity contribution in [3.05, 3.63) is 96.1 Å². The zero-order chi connectivity index (χ0) is 22.6. The standard InChI is InChI=1S/C26H28N2O3S/c1-27(24-12-6-3-7-13-24)32(30,31)25-14-8-11-23(20-25)26(29)28-17-15-22(16-18-28)19-21-9-4-2-5-10-21/h2-14,20,22H,15-19H2,1H3. The predicted octanol–water partition coefficient (Wildman–Crippen LogP) is 4.61. The molecule has 0 N–H and O–H groups in total. The molecule has 0 saturated carbocycles. The van der Waals surface area contributed by atoms with Crippen LogP contribution in [-0.4, -0.2) is 39.4 Å². The Balaban J connectivity index is 1.44. The first kappa shape index (κ1) is 22.1. The third kappa shape index (κ3) is 4.86. The second-order valence-electron chi connectivity index (χ2n) is 8.26. The van der Waals surface area contributed by atoms with E-state index in [0.29, 0.717) is 30.3 Å². The van der Waals surface area contributed by atoms with Crippen LogP contribution >= 0.6 is 0 Å². The highest BCUT2D eigenvalue weighted by atomic mass is 32.2. The van der Waals surface area contributed by atoms with E-state index in [0.717, 1.165) is 19.3 Å². The first-order chi connectivity index (χ1) is 15.4. The SMILES string of the molecule is CN(c1ccccc1)S(=O)(=O)c1cccc(C(=O)N2CCC(Cc3ccccc3)CC2)c1. The fraction of sp³-hybridized carbons (Fsp3) is 0.269. The minimum Gasteiger partial charge on any atom is -0.339 e. The number of carbonyl (C=O) groups is 1. The molecule has 0 radical (unpaired) electrons. The summed E-state index contributed by atoms with van der Waals surface area (Å²) in [7, 11) is -2.24. The molecule has 3 aromatic carbocycles. The number of anilines is 1. The Labute approximate surface area is 190 Å². The number of rotatable bonds is 6. The summed E-state index contributed by atoms with van der Waals surface area (Å²) in [5, 5.41) is 0. The van der Waals surface area contributed by atoms with E-state index < -0.39 is 10.0 Å². The second kappa shape index (κ2) is 9.57. The van der Waals surface area contributed by atoms with Gasteiger partial charge in [0.15, 0.2) is 0 Å². The zero-order valence-electron chi connectivity index (χ0n) is 18.2. The highest BCUT2D eigenvalue weighted by Gasteiger charge is 2.26. The molecule has 1 aliphatic rings. The summed E-state index contributed by atoms with van der Waals surface area (Å²) < 4.78 is 27.4. The van der Waals surface area contributed by atoms with Crippen LogP contribution in [0.5, 0.6) is 0 Å². The number of benzene rings is 3. The van der Waals surface area contributed by atoms with E-state index in [1.54, 1.807) is 36.4 Å². The van der Waals surface area contributed by atoms with E-state index in [2.05, 4.69) is 24.3 Å². The van der Waals surface area contributed by atoms with Gasteiger partial charge in [0.1, 0.15) is 0 Å². The monoisotopic (exact) mass is 448 g/mol. The van der Waals surface area contributed by atoms with Gasteiger partial charge in [-0.05, 0) is 61.1 Å². The molecule has 1 saturated heterocycles. The minimum absolute atomic E-state index is 0.109. The summed E-state index contributed by atoms with van der Waals surface area (Å²) in [5.74, 6) is 0.454. The van der Waals surface area contributed by atoms with Gasteiger partial charge in [-0.15, -0.1) is 0 Å². The van der Waals surface area contributed by atoms with Crippen LogP contribution in [0, 0.1) is 5.92 Å². The minimum atomic E-state index is -3.76. The van der Waals surface area contributed by atoms with E-state index in [1.165, 1.54) is 29.0 Å². The Morgan fingerprint density at radius 2 is 1.53 bits per heavy atom.